The third-order valence-corrected chi connectivity index (χ3v) is 4.90. The third kappa shape index (κ3) is 6.80. The van der Waals surface area contributed by atoms with Gasteiger partial charge in [0.2, 0.25) is 0 Å². The predicted molar refractivity (Wildman–Crippen MR) is 120 cm³/mol. The fourth-order valence-electron chi connectivity index (χ4n) is 3.54. The van der Waals surface area contributed by atoms with Crippen LogP contribution < -0.4 is 15.4 Å². The molecule has 2 saturated heterocycles. The largest absolute Gasteiger partial charge is 0.492 e. The minimum atomic E-state index is 0. The molecule has 152 valence electrons. The Labute approximate surface area is 180 Å². The van der Waals surface area contributed by atoms with Crippen LogP contribution in [0.5, 0.6) is 5.75 Å². The molecule has 1 aromatic carbocycles. The van der Waals surface area contributed by atoms with Crippen molar-refractivity contribution in [1.82, 2.24) is 15.5 Å². The molecule has 0 amide bonds. The summed E-state index contributed by atoms with van der Waals surface area (Å²) in [4.78, 5) is 6.87. The van der Waals surface area contributed by atoms with E-state index in [1.165, 1.54) is 6.42 Å². The first-order valence-corrected chi connectivity index (χ1v) is 9.71. The van der Waals surface area contributed by atoms with Crippen LogP contribution in [0.25, 0.3) is 0 Å². The molecule has 2 heterocycles. The summed E-state index contributed by atoms with van der Waals surface area (Å²) in [6.07, 6.45) is 4.24. The average molecular weight is 488 g/mol. The van der Waals surface area contributed by atoms with Crippen LogP contribution in [0.1, 0.15) is 31.7 Å². The first-order valence-electron chi connectivity index (χ1n) is 9.71. The van der Waals surface area contributed by atoms with Crippen LogP contribution in [0.4, 0.5) is 0 Å². The van der Waals surface area contributed by atoms with Crippen LogP contribution in [0.2, 0.25) is 0 Å². The number of guanidine groups is 1. The molecular weight excluding hydrogens is 455 g/mol. The molecule has 7 heteroatoms. The summed E-state index contributed by atoms with van der Waals surface area (Å²) in [5.41, 5.74) is 1.15. The highest BCUT2D eigenvalue weighted by molar-refractivity contribution is 14.0. The maximum Gasteiger partial charge on any atom is 0.191 e. The van der Waals surface area contributed by atoms with Crippen LogP contribution in [0, 0.1) is 0 Å². The Bertz CT molecular complexity index is 611. The lowest BCUT2D eigenvalue weighted by Gasteiger charge is -2.22. The van der Waals surface area contributed by atoms with E-state index in [1.54, 1.807) is 0 Å². The van der Waals surface area contributed by atoms with E-state index in [0.717, 1.165) is 43.2 Å². The van der Waals surface area contributed by atoms with E-state index in [4.69, 9.17) is 14.5 Å². The van der Waals surface area contributed by atoms with Crippen molar-refractivity contribution in [1.29, 1.82) is 0 Å². The summed E-state index contributed by atoms with van der Waals surface area (Å²) in [6.45, 7) is 5.16. The molecule has 1 aromatic rings. The summed E-state index contributed by atoms with van der Waals surface area (Å²) in [5.74, 6) is 1.77. The van der Waals surface area contributed by atoms with Crippen molar-refractivity contribution in [3.63, 3.8) is 0 Å². The molecule has 2 aliphatic heterocycles. The van der Waals surface area contributed by atoms with Gasteiger partial charge in [0.1, 0.15) is 12.4 Å². The maximum absolute atomic E-state index is 5.93. The van der Waals surface area contributed by atoms with E-state index in [0.29, 0.717) is 31.4 Å². The van der Waals surface area contributed by atoms with Gasteiger partial charge in [-0.25, -0.2) is 4.99 Å². The van der Waals surface area contributed by atoms with Gasteiger partial charge >= 0.3 is 0 Å². The topological polar surface area (TPSA) is 58.1 Å². The van der Waals surface area contributed by atoms with Gasteiger partial charge in [0, 0.05) is 13.1 Å². The highest BCUT2D eigenvalue weighted by Gasteiger charge is 2.41. The normalized spacial score (nSPS) is 24.0. The highest BCUT2D eigenvalue weighted by Crippen LogP contribution is 2.34. The van der Waals surface area contributed by atoms with Gasteiger partial charge < -0.3 is 25.0 Å². The minimum Gasteiger partial charge on any atom is -0.492 e. The third-order valence-electron chi connectivity index (χ3n) is 4.90. The molecule has 2 bridgehead atoms. The number of halogens is 1. The Morgan fingerprint density at radius 1 is 1.33 bits per heavy atom. The minimum absolute atomic E-state index is 0. The highest BCUT2D eigenvalue weighted by atomic mass is 127. The van der Waals surface area contributed by atoms with Crippen molar-refractivity contribution in [2.75, 3.05) is 33.8 Å². The smallest absolute Gasteiger partial charge is 0.191 e. The van der Waals surface area contributed by atoms with Gasteiger partial charge in [-0.05, 0) is 58.0 Å². The number of nitrogens with one attached hydrogen (secondary N) is 2. The van der Waals surface area contributed by atoms with Gasteiger partial charge in [0.05, 0.1) is 24.8 Å². The van der Waals surface area contributed by atoms with E-state index in [2.05, 4.69) is 34.6 Å². The molecule has 6 nitrogen and oxygen atoms in total. The van der Waals surface area contributed by atoms with Gasteiger partial charge in [-0.3, -0.25) is 0 Å². The number of nitrogens with zero attached hydrogens (tertiary/aromatic N) is 2. The zero-order valence-corrected chi connectivity index (χ0v) is 18.9. The summed E-state index contributed by atoms with van der Waals surface area (Å²) < 4.78 is 11.7. The van der Waals surface area contributed by atoms with Crippen LogP contribution in [0.15, 0.2) is 29.3 Å². The molecule has 0 aromatic heterocycles. The van der Waals surface area contributed by atoms with E-state index < -0.39 is 0 Å². The molecule has 2 aliphatic rings. The van der Waals surface area contributed by atoms with Crippen molar-refractivity contribution in [2.45, 2.75) is 51.0 Å². The van der Waals surface area contributed by atoms with Gasteiger partial charge in [-0.15, -0.1) is 24.0 Å². The lowest BCUT2D eigenvalue weighted by Crippen LogP contribution is -2.47. The van der Waals surface area contributed by atoms with E-state index in [9.17, 15) is 0 Å². The fourth-order valence-corrected chi connectivity index (χ4v) is 3.54. The first kappa shape index (κ1) is 22.2. The van der Waals surface area contributed by atoms with Gasteiger partial charge in [-0.2, -0.15) is 0 Å². The first-order chi connectivity index (χ1) is 12.6. The fraction of sp³-hybridized carbons (Fsp3) is 0.650. The van der Waals surface area contributed by atoms with E-state index in [1.807, 2.05) is 26.2 Å². The van der Waals surface area contributed by atoms with Crippen LogP contribution in [-0.4, -0.2) is 62.9 Å². The van der Waals surface area contributed by atoms with Crippen molar-refractivity contribution in [2.24, 2.45) is 4.99 Å². The number of hydrogen-bond donors (Lipinski definition) is 2. The Morgan fingerprint density at radius 2 is 2.19 bits per heavy atom. The standard InChI is InChI=1S/C20H32N4O2.HI/c1-4-21-20(23-18-13-17-8-9-19(18)26-17)22-14-15-6-5-7-16(12-15)25-11-10-24(2)3;/h5-7,12,17-19H,4,8-11,13-14H2,1-3H3,(H2,21,22,23);1H. The number of likely N-dealkylation sites (N-methyl/N-ethyl adjacent to an activating group) is 1. The summed E-state index contributed by atoms with van der Waals surface area (Å²) in [6, 6.07) is 8.57. The Hall–Kier alpha value is -1.06. The molecule has 3 rings (SSSR count). The van der Waals surface area contributed by atoms with Crippen molar-refractivity contribution >= 4 is 29.9 Å². The molecular formula is C20H33IN4O2. The van der Waals surface area contributed by atoms with Crippen molar-refractivity contribution in [3.05, 3.63) is 29.8 Å². The quantitative estimate of drug-likeness (QED) is 0.335. The Kier molecular flexibility index (Phi) is 9.11. The molecule has 3 unspecified atom stereocenters. The van der Waals surface area contributed by atoms with E-state index >= 15 is 0 Å². The lowest BCUT2D eigenvalue weighted by molar-refractivity contribution is 0.0992. The molecule has 0 spiro atoms. The summed E-state index contributed by atoms with van der Waals surface area (Å²) >= 11 is 0. The molecule has 0 radical (unpaired) electrons. The Balaban J connectivity index is 0.00000261. The van der Waals surface area contributed by atoms with Crippen LogP contribution in [0.3, 0.4) is 0 Å². The Morgan fingerprint density at radius 3 is 2.85 bits per heavy atom. The molecule has 0 saturated carbocycles. The van der Waals surface area contributed by atoms with E-state index in [-0.39, 0.29) is 24.0 Å². The average Bonchev–Trinajstić information content (AvgIpc) is 3.23. The maximum atomic E-state index is 5.93. The SMILES string of the molecule is CCNC(=NCc1cccc(OCCN(C)C)c1)NC1CC2CCC1O2.I. The van der Waals surface area contributed by atoms with Crippen LogP contribution in [-0.2, 0) is 11.3 Å². The second-order valence-corrected chi connectivity index (χ2v) is 7.35. The zero-order valence-electron chi connectivity index (χ0n) is 16.6. The second-order valence-electron chi connectivity index (χ2n) is 7.35. The molecule has 2 fully saturated rings. The van der Waals surface area contributed by atoms with Gasteiger partial charge in [0.25, 0.3) is 0 Å². The molecule has 3 atom stereocenters. The number of aliphatic imine (C=N–C) groups is 1. The zero-order chi connectivity index (χ0) is 18.4. The number of fused-ring (bicyclic) bond motifs is 2. The number of hydrogen-bond acceptors (Lipinski definition) is 4. The second kappa shape index (κ2) is 11.1. The monoisotopic (exact) mass is 488 g/mol. The van der Waals surface area contributed by atoms with Crippen molar-refractivity contribution < 1.29 is 9.47 Å². The lowest BCUT2D eigenvalue weighted by atomic mass is 9.96. The number of ether oxygens (including phenoxy) is 2. The molecule has 27 heavy (non-hydrogen) atoms. The van der Waals surface area contributed by atoms with Crippen molar-refractivity contribution in [3.8, 4) is 5.75 Å². The summed E-state index contributed by atoms with van der Waals surface area (Å²) in [7, 11) is 4.09. The van der Waals surface area contributed by atoms with Crippen LogP contribution >= 0.6 is 24.0 Å². The molecule has 0 aliphatic carbocycles. The van der Waals surface area contributed by atoms with Gasteiger partial charge in [0.15, 0.2) is 5.96 Å². The van der Waals surface area contributed by atoms with Gasteiger partial charge in [-0.1, -0.05) is 12.1 Å². The molecule has 2 N–H and O–H groups in total. The number of benzene rings is 1. The predicted octanol–water partition coefficient (Wildman–Crippen LogP) is 2.62. The number of rotatable bonds is 8. The summed E-state index contributed by atoms with van der Waals surface area (Å²) in [5, 5.41) is 6.90.